The van der Waals surface area contributed by atoms with Crippen molar-refractivity contribution < 1.29 is 23.8 Å². The molecule has 0 unspecified atom stereocenters. The van der Waals surface area contributed by atoms with Gasteiger partial charge < -0.3 is 29.7 Å². The van der Waals surface area contributed by atoms with Crippen LogP contribution in [0.1, 0.15) is 63.9 Å². The van der Waals surface area contributed by atoms with Crippen molar-refractivity contribution in [2.75, 3.05) is 44.0 Å². The van der Waals surface area contributed by atoms with E-state index in [2.05, 4.69) is 20.5 Å². The van der Waals surface area contributed by atoms with Crippen molar-refractivity contribution in [2.24, 2.45) is 10.4 Å². The van der Waals surface area contributed by atoms with Crippen LogP contribution in [0, 0.1) is 12.3 Å². The monoisotopic (exact) mass is 652 g/mol. The second kappa shape index (κ2) is 17.0. The first kappa shape index (κ1) is 34.7. The van der Waals surface area contributed by atoms with Crippen molar-refractivity contribution in [3.63, 3.8) is 0 Å². The molecule has 48 heavy (non-hydrogen) atoms. The molecule has 254 valence electrons. The largest absolute Gasteiger partial charge is 0.493 e. The summed E-state index contributed by atoms with van der Waals surface area (Å²) >= 11 is 0. The smallest absolute Gasteiger partial charge is 0.240 e. The highest BCUT2D eigenvalue weighted by Gasteiger charge is 2.48. The number of nitrogens with zero attached hydrogens (tertiary/aromatic N) is 2. The van der Waals surface area contributed by atoms with E-state index >= 15 is 0 Å². The van der Waals surface area contributed by atoms with Crippen molar-refractivity contribution >= 4 is 35.1 Å². The summed E-state index contributed by atoms with van der Waals surface area (Å²) in [4.78, 5) is 33.9. The third kappa shape index (κ3) is 9.47. The molecule has 3 aromatic rings. The van der Waals surface area contributed by atoms with Crippen LogP contribution in [-0.2, 0) is 9.59 Å². The fourth-order valence-corrected chi connectivity index (χ4v) is 6.24. The first-order valence-electron chi connectivity index (χ1n) is 17.1. The molecule has 1 heterocycles. The fourth-order valence-electron chi connectivity index (χ4n) is 6.24. The van der Waals surface area contributed by atoms with Crippen LogP contribution in [0.15, 0.2) is 83.6 Å². The maximum absolute atomic E-state index is 13.5. The second-order valence-corrected chi connectivity index (χ2v) is 12.7. The zero-order valence-corrected chi connectivity index (χ0v) is 28.4. The van der Waals surface area contributed by atoms with E-state index in [0.29, 0.717) is 53.8 Å². The highest BCUT2D eigenvalue weighted by atomic mass is 16.5. The Hall–Kier alpha value is -4.63. The number of methoxy groups -OCH3 is 1. The maximum Gasteiger partial charge on any atom is 0.240 e. The molecule has 9 nitrogen and oxygen atoms in total. The van der Waals surface area contributed by atoms with Crippen LogP contribution in [0.5, 0.6) is 17.2 Å². The summed E-state index contributed by atoms with van der Waals surface area (Å²) < 4.78 is 17.5. The van der Waals surface area contributed by atoms with Gasteiger partial charge in [0.25, 0.3) is 0 Å². The number of benzene rings is 3. The third-order valence-electron chi connectivity index (χ3n) is 9.03. The summed E-state index contributed by atoms with van der Waals surface area (Å²) in [5, 5.41) is 5.92. The number of ether oxygens (including phenoxy) is 3. The number of allylic oxidation sites excluding steroid dienone is 2. The molecule has 3 aromatic carbocycles. The van der Waals surface area contributed by atoms with E-state index in [1.165, 1.54) is 32.4 Å². The predicted molar refractivity (Wildman–Crippen MR) is 192 cm³/mol. The Balaban J connectivity index is 1.12. The number of aliphatic imine (C=N–C) groups is 1. The lowest BCUT2D eigenvalue weighted by molar-refractivity contribution is -0.136. The Bertz CT molecular complexity index is 1570. The molecule has 1 saturated heterocycles. The molecule has 5 rings (SSSR count). The first-order valence-corrected chi connectivity index (χ1v) is 17.1. The third-order valence-corrected chi connectivity index (χ3v) is 9.03. The number of piperidine rings is 1. The summed E-state index contributed by atoms with van der Waals surface area (Å²) in [6, 6.07) is 20.4. The summed E-state index contributed by atoms with van der Waals surface area (Å²) in [5.74, 6) is 2.09. The van der Waals surface area contributed by atoms with Gasteiger partial charge in [-0.05, 0) is 114 Å². The van der Waals surface area contributed by atoms with Crippen molar-refractivity contribution in [1.82, 2.24) is 4.90 Å². The predicted octanol–water partition coefficient (Wildman–Crippen LogP) is 8.08. The van der Waals surface area contributed by atoms with Gasteiger partial charge in [0.15, 0.2) is 11.5 Å². The standard InChI is InChI=1S/C39H48N4O5/c1-29-10-12-31(13-11-29)41-37(44)39(21-5-6-22-39)38(45)42-32-14-17-34(18-15-32)48-30(2)20-23-40-33-16-19-35(46-3)36(28-33)47-27-9-26-43-24-7-4-8-25-43/h10-20,23,28H,4-9,21-22,24-27H2,1-3H3,(H,41,44)(H,42,45)/b30-20+,40-23?. The lowest BCUT2D eigenvalue weighted by Gasteiger charge is -2.26. The van der Waals surface area contributed by atoms with Crippen molar-refractivity contribution in [2.45, 2.75) is 65.2 Å². The van der Waals surface area contributed by atoms with Crippen molar-refractivity contribution in [1.29, 1.82) is 0 Å². The highest BCUT2D eigenvalue weighted by Crippen LogP contribution is 2.40. The van der Waals surface area contributed by atoms with Crippen LogP contribution in [0.2, 0.25) is 0 Å². The fraction of sp³-hybridized carbons (Fsp3) is 0.410. The highest BCUT2D eigenvalue weighted by molar-refractivity contribution is 6.14. The van der Waals surface area contributed by atoms with Crippen LogP contribution in [0.4, 0.5) is 17.1 Å². The minimum absolute atomic E-state index is 0.259. The Labute approximate surface area is 284 Å². The number of carbonyl (C=O) groups excluding carboxylic acids is 2. The lowest BCUT2D eigenvalue weighted by atomic mass is 9.83. The van der Waals surface area contributed by atoms with E-state index in [9.17, 15) is 9.59 Å². The van der Waals surface area contributed by atoms with Crippen LogP contribution in [0.25, 0.3) is 0 Å². The van der Waals surface area contributed by atoms with Crippen molar-refractivity contribution in [3.8, 4) is 17.2 Å². The van der Waals surface area contributed by atoms with Crippen LogP contribution in [0.3, 0.4) is 0 Å². The average Bonchev–Trinajstić information content (AvgIpc) is 3.61. The molecule has 1 saturated carbocycles. The van der Waals surface area contributed by atoms with E-state index in [1.54, 1.807) is 43.7 Å². The number of hydrogen-bond donors (Lipinski definition) is 2. The van der Waals surface area contributed by atoms with Gasteiger partial charge in [-0.15, -0.1) is 0 Å². The number of amides is 2. The van der Waals surface area contributed by atoms with Crippen molar-refractivity contribution in [3.05, 3.63) is 84.1 Å². The summed E-state index contributed by atoms with van der Waals surface area (Å²) in [6.07, 6.45) is 11.1. The van der Waals surface area contributed by atoms with Gasteiger partial charge in [-0.2, -0.15) is 0 Å². The second-order valence-electron chi connectivity index (χ2n) is 12.7. The molecule has 1 aliphatic heterocycles. The Morgan fingerprint density at radius 1 is 0.854 bits per heavy atom. The number of anilines is 2. The molecule has 0 atom stereocenters. The Morgan fingerprint density at radius 2 is 1.50 bits per heavy atom. The quantitative estimate of drug-likeness (QED) is 0.0790. The van der Waals surface area contributed by atoms with E-state index < -0.39 is 5.41 Å². The number of likely N-dealkylation sites (tertiary alicyclic amines) is 1. The number of rotatable bonds is 14. The molecule has 2 fully saturated rings. The minimum Gasteiger partial charge on any atom is -0.493 e. The molecule has 1 aliphatic carbocycles. The van der Waals surface area contributed by atoms with Crippen LogP contribution >= 0.6 is 0 Å². The molecule has 2 N–H and O–H groups in total. The Morgan fingerprint density at radius 3 is 2.15 bits per heavy atom. The number of nitrogens with one attached hydrogen (secondary N) is 2. The average molecular weight is 653 g/mol. The summed E-state index contributed by atoms with van der Waals surface area (Å²) in [6.45, 7) is 7.89. The molecule has 0 radical (unpaired) electrons. The van der Waals surface area contributed by atoms with Crippen LogP contribution in [-0.4, -0.2) is 56.3 Å². The SMILES string of the molecule is COc1ccc(N=C/C=C(\C)Oc2ccc(NC(=O)C3(C(=O)Nc4ccc(C)cc4)CCCC3)cc2)cc1OCCCN1CCCCC1. The molecular weight excluding hydrogens is 604 g/mol. The van der Waals surface area contributed by atoms with E-state index in [1.807, 2.05) is 56.3 Å². The minimum atomic E-state index is -1.09. The van der Waals surface area contributed by atoms with E-state index in [4.69, 9.17) is 14.2 Å². The summed E-state index contributed by atoms with van der Waals surface area (Å²) in [5.41, 5.74) is 2.06. The van der Waals surface area contributed by atoms with Gasteiger partial charge in [-0.3, -0.25) is 14.6 Å². The number of carbonyl (C=O) groups is 2. The molecule has 2 amide bonds. The first-order chi connectivity index (χ1) is 23.3. The summed E-state index contributed by atoms with van der Waals surface area (Å²) in [7, 11) is 1.64. The van der Waals surface area contributed by atoms with Gasteiger partial charge >= 0.3 is 0 Å². The molecule has 0 spiro atoms. The van der Waals surface area contributed by atoms with Gasteiger partial charge in [-0.25, -0.2) is 0 Å². The molecule has 9 heteroatoms. The molecule has 0 aromatic heterocycles. The van der Waals surface area contributed by atoms with Crippen LogP contribution < -0.4 is 24.8 Å². The van der Waals surface area contributed by atoms with E-state index in [-0.39, 0.29) is 11.8 Å². The van der Waals surface area contributed by atoms with Gasteiger partial charge in [0.05, 0.1) is 19.4 Å². The van der Waals surface area contributed by atoms with Gasteiger partial charge in [0.2, 0.25) is 11.8 Å². The lowest BCUT2D eigenvalue weighted by Crippen LogP contribution is -2.44. The molecule has 0 bridgehead atoms. The molecular formula is C39H48N4O5. The van der Waals surface area contributed by atoms with Gasteiger partial charge in [0.1, 0.15) is 16.9 Å². The van der Waals surface area contributed by atoms with E-state index in [0.717, 1.165) is 37.1 Å². The zero-order chi connectivity index (χ0) is 33.8. The zero-order valence-electron chi connectivity index (χ0n) is 28.4. The Kier molecular flexibility index (Phi) is 12.3. The topological polar surface area (TPSA) is 101 Å². The number of hydrogen-bond acceptors (Lipinski definition) is 7. The van der Waals surface area contributed by atoms with Gasteiger partial charge in [0, 0.05) is 30.2 Å². The molecule has 2 aliphatic rings. The maximum atomic E-state index is 13.5. The normalized spacial score (nSPS) is 16.4. The number of aryl methyl sites for hydroxylation is 1. The van der Waals surface area contributed by atoms with Gasteiger partial charge in [-0.1, -0.05) is 37.0 Å².